The van der Waals surface area contributed by atoms with E-state index in [-0.39, 0.29) is 17.8 Å². The van der Waals surface area contributed by atoms with Crippen LogP contribution in [-0.2, 0) is 11.2 Å². The Hall–Kier alpha value is -2.60. The molecule has 2 aromatic rings. The molecule has 38 heavy (non-hydrogen) atoms. The van der Waals surface area contributed by atoms with Crippen LogP contribution in [0.25, 0.3) is 11.0 Å². The van der Waals surface area contributed by atoms with Crippen molar-refractivity contribution in [1.82, 2.24) is 24.7 Å². The largest absolute Gasteiger partial charge is 0.481 e. The Morgan fingerprint density at radius 1 is 1.34 bits per heavy atom. The molecule has 1 unspecified atom stereocenters. The molecule has 2 aliphatic rings. The number of piperazine rings is 2. The van der Waals surface area contributed by atoms with Crippen LogP contribution in [0.15, 0.2) is 35.1 Å². The summed E-state index contributed by atoms with van der Waals surface area (Å²) in [4.78, 5) is 32.9. The van der Waals surface area contributed by atoms with E-state index in [9.17, 15) is 9.18 Å². The Kier molecular flexibility index (Phi) is 10.1. The molecular formula is C27H38FN7O2S. The van der Waals surface area contributed by atoms with Crippen molar-refractivity contribution in [3.8, 4) is 5.88 Å². The maximum Gasteiger partial charge on any atom is 0.237 e. The molecule has 206 valence electrons. The Bertz CT molecular complexity index is 1190. The van der Waals surface area contributed by atoms with E-state index >= 15 is 0 Å². The number of nitrogens with zero attached hydrogens (tertiary/aromatic N) is 6. The number of ether oxygens (including phenoxy) is 1. The number of nitrogens with two attached hydrogens (primary N) is 1. The van der Waals surface area contributed by atoms with Gasteiger partial charge in [-0.25, -0.2) is 9.37 Å². The number of aromatic nitrogens is 2. The molecular weight excluding hydrogens is 505 g/mol. The zero-order valence-electron chi connectivity index (χ0n) is 22.5. The number of thioether (sulfide) groups is 1. The zero-order chi connectivity index (χ0) is 27.1. The Labute approximate surface area is 228 Å². The van der Waals surface area contributed by atoms with Crippen molar-refractivity contribution >= 4 is 34.4 Å². The van der Waals surface area contributed by atoms with Gasteiger partial charge in [0, 0.05) is 74.2 Å². The van der Waals surface area contributed by atoms with E-state index < -0.39 is 0 Å². The third kappa shape index (κ3) is 7.07. The summed E-state index contributed by atoms with van der Waals surface area (Å²) < 4.78 is 20.0. The van der Waals surface area contributed by atoms with Gasteiger partial charge in [-0.2, -0.15) is 11.8 Å². The van der Waals surface area contributed by atoms with E-state index in [0.29, 0.717) is 61.6 Å². The number of aliphatic imine (C=N–C) groups is 1. The Balaban J connectivity index is 1.37. The lowest BCUT2D eigenvalue weighted by Gasteiger charge is -2.47. The van der Waals surface area contributed by atoms with Crippen LogP contribution in [0.3, 0.4) is 0 Å². The number of carbonyl (C=O) groups is 1. The second-order valence-electron chi connectivity index (χ2n) is 9.72. The summed E-state index contributed by atoms with van der Waals surface area (Å²) in [5, 5.41) is 0. The van der Waals surface area contributed by atoms with Crippen molar-refractivity contribution in [2.75, 3.05) is 71.0 Å². The maximum atomic E-state index is 14.8. The zero-order valence-corrected chi connectivity index (χ0v) is 23.3. The predicted octanol–water partition coefficient (Wildman–Crippen LogP) is 2.21. The number of allylic oxidation sites excluding steroid dienone is 1. The maximum absolute atomic E-state index is 14.8. The molecule has 0 saturated carbocycles. The molecule has 4 rings (SSSR count). The number of pyridine rings is 2. The molecule has 0 bridgehead atoms. The van der Waals surface area contributed by atoms with Crippen molar-refractivity contribution in [2.45, 2.75) is 26.3 Å². The Morgan fingerprint density at radius 2 is 2.18 bits per heavy atom. The molecule has 2 N–H and O–H groups in total. The van der Waals surface area contributed by atoms with Crippen molar-refractivity contribution in [3.05, 3.63) is 41.5 Å². The van der Waals surface area contributed by atoms with Crippen LogP contribution >= 0.6 is 11.8 Å². The standard InChI is InChI=1S/C27H38FN7O2S/c1-4-20(31-19(2)18-38-12-8-29)14-35-16-21-15-33(10-11-34(21)17-26(35)36)9-7-22-23(28)13-30-24-5-6-25(37-3)32-27(22)24/h4-6,13,21H,7-12,14-18,29H2,1-3H3/b20-4-,31-19?. The van der Waals surface area contributed by atoms with E-state index in [1.807, 2.05) is 24.8 Å². The summed E-state index contributed by atoms with van der Waals surface area (Å²) in [6.45, 7) is 9.45. The van der Waals surface area contributed by atoms with Gasteiger partial charge in [-0.05, 0) is 26.3 Å². The molecule has 2 aliphatic heterocycles. The van der Waals surface area contributed by atoms with Gasteiger partial charge in [0.1, 0.15) is 5.82 Å². The molecule has 0 aromatic carbocycles. The minimum absolute atomic E-state index is 0.143. The fourth-order valence-corrected chi connectivity index (χ4v) is 5.66. The van der Waals surface area contributed by atoms with Crippen LogP contribution in [0.5, 0.6) is 5.88 Å². The Morgan fingerprint density at radius 3 is 2.95 bits per heavy atom. The van der Waals surface area contributed by atoms with Crippen LogP contribution in [0, 0.1) is 5.82 Å². The second kappa shape index (κ2) is 13.5. The molecule has 1 atom stereocenters. The number of methoxy groups -OCH3 is 1. The molecule has 0 radical (unpaired) electrons. The molecule has 2 fully saturated rings. The highest BCUT2D eigenvalue weighted by atomic mass is 32.2. The van der Waals surface area contributed by atoms with E-state index in [0.717, 1.165) is 42.5 Å². The summed E-state index contributed by atoms with van der Waals surface area (Å²) in [5.41, 5.74) is 9.30. The van der Waals surface area contributed by atoms with Crippen molar-refractivity contribution in [3.63, 3.8) is 0 Å². The molecule has 2 aromatic heterocycles. The van der Waals surface area contributed by atoms with Crippen LogP contribution in [0.1, 0.15) is 19.4 Å². The first kappa shape index (κ1) is 28.4. The van der Waals surface area contributed by atoms with Gasteiger partial charge in [0.05, 0.1) is 43.1 Å². The smallest absolute Gasteiger partial charge is 0.237 e. The number of hydrogen-bond donors (Lipinski definition) is 1. The van der Waals surface area contributed by atoms with Gasteiger partial charge in [0.2, 0.25) is 11.8 Å². The third-order valence-electron chi connectivity index (χ3n) is 7.03. The molecule has 2 saturated heterocycles. The number of rotatable bonds is 11. The number of amides is 1. The van der Waals surface area contributed by atoms with Gasteiger partial charge in [-0.15, -0.1) is 0 Å². The summed E-state index contributed by atoms with van der Waals surface area (Å²) in [7, 11) is 1.55. The lowest BCUT2D eigenvalue weighted by Crippen LogP contribution is -2.63. The quantitative estimate of drug-likeness (QED) is 0.340. The second-order valence-corrected chi connectivity index (χ2v) is 10.8. The highest BCUT2D eigenvalue weighted by Crippen LogP contribution is 2.23. The summed E-state index contributed by atoms with van der Waals surface area (Å²) in [5.74, 6) is 1.99. The summed E-state index contributed by atoms with van der Waals surface area (Å²) in [6.07, 6.45) is 3.79. The minimum Gasteiger partial charge on any atom is -0.481 e. The van der Waals surface area contributed by atoms with Gasteiger partial charge < -0.3 is 20.3 Å². The highest BCUT2D eigenvalue weighted by molar-refractivity contribution is 7.99. The summed E-state index contributed by atoms with van der Waals surface area (Å²) >= 11 is 1.77. The lowest BCUT2D eigenvalue weighted by atomic mass is 10.1. The number of carbonyl (C=O) groups excluding carboxylic acids is 1. The molecule has 0 aliphatic carbocycles. The van der Waals surface area contributed by atoms with Gasteiger partial charge in [-0.1, -0.05) is 6.08 Å². The van der Waals surface area contributed by atoms with Gasteiger partial charge in [0.15, 0.2) is 0 Å². The van der Waals surface area contributed by atoms with Crippen molar-refractivity contribution in [1.29, 1.82) is 0 Å². The number of hydrogen-bond acceptors (Lipinski definition) is 9. The van der Waals surface area contributed by atoms with Crippen LogP contribution in [0.4, 0.5) is 4.39 Å². The van der Waals surface area contributed by atoms with E-state index in [1.54, 1.807) is 31.0 Å². The average Bonchev–Trinajstić information content (AvgIpc) is 2.92. The van der Waals surface area contributed by atoms with E-state index in [4.69, 9.17) is 15.5 Å². The third-order valence-corrected chi connectivity index (χ3v) is 8.18. The number of halogens is 1. The average molecular weight is 544 g/mol. The van der Waals surface area contributed by atoms with E-state index in [2.05, 4.69) is 19.8 Å². The van der Waals surface area contributed by atoms with E-state index in [1.165, 1.54) is 6.20 Å². The monoisotopic (exact) mass is 543 g/mol. The summed E-state index contributed by atoms with van der Waals surface area (Å²) in [6, 6.07) is 3.78. The van der Waals surface area contributed by atoms with Gasteiger partial charge >= 0.3 is 0 Å². The normalized spacial score (nSPS) is 19.8. The first-order valence-corrected chi connectivity index (χ1v) is 14.3. The molecule has 4 heterocycles. The van der Waals surface area contributed by atoms with Gasteiger partial charge in [-0.3, -0.25) is 19.7 Å². The lowest BCUT2D eigenvalue weighted by molar-refractivity contribution is -0.140. The fraction of sp³-hybridized carbons (Fsp3) is 0.556. The molecule has 1 amide bonds. The first-order valence-electron chi connectivity index (χ1n) is 13.1. The number of fused-ring (bicyclic) bond motifs is 2. The fourth-order valence-electron chi connectivity index (χ4n) is 4.99. The predicted molar refractivity (Wildman–Crippen MR) is 151 cm³/mol. The van der Waals surface area contributed by atoms with Crippen LogP contribution < -0.4 is 10.5 Å². The molecule has 9 nitrogen and oxygen atoms in total. The topological polar surface area (TPSA) is 100 Å². The van der Waals surface area contributed by atoms with Crippen LogP contribution in [-0.4, -0.2) is 113 Å². The molecule has 11 heteroatoms. The van der Waals surface area contributed by atoms with Crippen molar-refractivity contribution in [2.24, 2.45) is 10.7 Å². The van der Waals surface area contributed by atoms with Gasteiger partial charge in [0.25, 0.3) is 0 Å². The SMILES string of the molecule is C/C=C(/CN1CC2CN(CCc3c(F)cnc4ccc(OC)nc34)CCN2CC1=O)N=C(C)CSCCN. The molecule has 0 spiro atoms. The minimum atomic E-state index is -0.345. The first-order chi connectivity index (χ1) is 18.4. The van der Waals surface area contributed by atoms with Crippen molar-refractivity contribution < 1.29 is 13.9 Å². The highest BCUT2D eigenvalue weighted by Gasteiger charge is 2.36. The van der Waals surface area contributed by atoms with Crippen LogP contribution in [0.2, 0.25) is 0 Å².